The quantitative estimate of drug-likeness (QED) is 0.421. The molecule has 0 bridgehead atoms. The number of thioether (sulfide) groups is 1. The maximum Gasteiger partial charge on any atom is 0.240 e. The summed E-state index contributed by atoms with van der Waals surface area (Å²) >= 11 is 1.62. The van der Waals surface area contributed by atoms with E-state index in [4.69, 9.17) is 0 Å². The van der Waals surface area contributed by atoms with Crippen LogP contribution in [-0.4, -0.2) is 38.5 Å². The molecule has 5 rings (SSSR count). The van der Waals surface area contributed by atoms with Crippen molar-refractivity contribution in [3.63, 3.8) is 0 Å². The van der Waals surface area contributed by atoms with E-state index in [1.807, 2.05) is 82.2 Å². The predicted octanol–water partition coefficient (Wildman–Crippen LogP) is 4.97. The Labute approximate surface area is 186 Å². The van der Waals surface area contributed by atoms with Crippen LogP contribution in [0.4, 0.5) is 0 Å². The Balaban J connectivity index is 1.40. The van der Waals surface area contributed by atoms with Crippen molar-refractivity contribution < 1.29 is 4.79 Å². The number of hydrogen-bond acceptors (Lipinski definition) is 4. The van der Waals surface area contributed by atoms with Gasteiger partial charge < -0.3 is 4.90 Å². The molecule has 0 radical (unpaired) electrons. The van der Waals surface area contributed by atoms with Crippen LogP contribution in [0.25, 0.3) is 5.65 Å². The number of pyridine rings is 1. The minimum Gasteiger partial charge on any atom is -0.341 e. The Morgan fingerprint density at radius 1 is 0.935 bits per heavy atom. The monoisotopic (exact) mass is 428 g/mol. The number of aromatic nitrogens is 3. The van der Waals surface area contributed by atoms with Crippen LogP contribution < -0.4 is 0 Å². The lowest BCUT2D eigenvalue weighted by Crippen LogP contribution is -2.41. The predicted molar refractivity (Wildman–Crippen MR) is 123 cm³/mol. The van der Waals surface area contributed by atoms with Crippen LogP contribution >= 0.6 is 11.8 Å². The summed E-state index contributed by atoms with van der Waals surface area (Å²) in [6, 6.07) is 26.2. The van der Waals surface area contributed by atoms with Gasteiger partial charge in [0.05, 0.1) is 0 Å². The molecule has 2 atom stereocenters. The largest absolute Gasteiger partial charge is 0.341 e. The van der Waals surface area contributed by atoms with E-state index in [2.05, 4.69) is 22.3 Å². The maximum absolute atomic E-state index is 13.7. The zero-order valence-corrected chi connectivity index (χ0v) is 18.0. The highest BCUT2D eigenvalue weighted by Crippen LogP contribution is 2.38. The molecule has 0 aliphatic carbocycles. The molecule has 1 fully saturated rings. The molecule has 2 aromatic carbocycles. The average Bonchev–Trinajstić information content (AvgIpc) is 3.28. The highest BCUT2D eigenvalue weighted by atomic mass is 32.2. The Bertz CT molecular complexity index is 1160. The van der Waals surface area contributed by atoms with E-state index < -0.39 is 0 Å². The second kappa shape index (κ2) is 8.94. The number of benzene rings is 2. The van der Waals surface area contributed by atoms with Gasteiger partial charge in [0, 0.05) is 30.1 Å². The van der Waals surface area contributed by atoms with Crippen molar-refractivity contribution in [2.75, 3.05) is 13.1 Å². The van der Waals surface area contributed by atoms with E-state index in [1.54, 1.807) is 11.8 Å². The van der Waals surface area contributed by atoms with Gasteiger partial charge in [0.15, 0.2) is 5.65 Å². The van der Waals surface area contributed by atoms with E-state index >= 15 is 0 Å². The lowest BCUT2D eigenvalue weighted by atomic mass is 9.96. The van der Waals surface area contributed by atoms with Crippen LogP contribution in [0.3, 0.4) is 0 Å². The summed E-state index contributed by atoms with van der Waals surface area (Å²) in [6.45, 7) is 1.46. The van der Waals surface area contributed by atoms with Gasteiger partial charge in [-0.3, -0.25) is 9.20 Å². The molecule has 0 saturated carbocycles. The van der Waals surface area contributed by atoms with E-state index in [0.29, 0.717) is 6.54 Å². The summed E-state index contributed by atoms with van der Waals surface area (Å²) in [4.78, 5) is 16.9. The van der Waals surface area contributed by atoms with Gasteiger partial charge in [0.1, 0.15) is 11.1 Å². The fraction of sp³-hybridized carbons (Fsp3) is 0.240. The van der Waals surface area contributed by atoms with Gasteiger partial charge in [-0.15, -0.1) is 22.0 Å². The molecule has 0 spiro atoms. The van der Waals surface area contributed by atoms with Crippen LogP contribution in [-0.2, 0) is 4.79 Å². The average molecular weight is 429 g/mol. The number of rotatable bonds is 5. The van der Waals surface area contributed by atoms with Gasteiger partial charge in [0.25, 0.3) is 0 Å². The van der Waals surface area contributed by atoms with E-state index in [1.165, 1.54) is 0 Å². The standard InChI is InChI=1S/C25H24N4OS/c30-25(23(19-10-3-1-4-11-19)31-21-13-5-2-6-14-21)28-16-9-12-20(18-28)24-27-26-22-15-7-8-17-29(22)24/h1-8,10-11,13-15,17,20,23H,9,12,16,18H2/t20-,23-/m0/s1. The Kier molecular flexibility index (Phi) is 5.71. The molecule has 1 aliphatic rings. The first-order chi connectivity index (χ1) is 15.3. The van der Waals surface area contributed by atoms with E-state index in [0.717, 1.165) is 41.3 Å². The number of carbonyl (C=O) groups excluding carboxylic acids is 1. The zero-order valence-electron chi connectivity index (χ0n) is 17.2. The number of carbonyl (C=O) groups is 1. The SMILES string of the molecule is O=C([C@@H](Sc1ccccc1)c1ccccc1)N1CCC[C@H](c2nnc3ccccn23)C1. The van der Waals surface area contributed by atoms with Crippen LogP contribution in [0.5, 0.6) is 0 Å². The molecular weight excluding hydrogens is 404 g/mol. The van der Waals surface area contributed by atoms with Gasteiger partial charge in [-0.25, -0.2) is 0 Å². The normalized spacial score (nSPS) is 17.5. The molecule has 0 unspecified atom stereocenters. The van der Waals surface area contributed by atoms with Crippen molar-refractivity contribution in [2.45, 2.75) is 28.9 Å². The summed E-state index contributed by atoms with van der Waals surface area (Å²) in [6.07, 6.45) is 3.99. The lowest BCUT2D eigenvalue weighted by Gasteiger charge is -2.34. The minimum absolute atomic E-state index is 0.165. The number of piperidine rings is 1. The van der Waals surface area contributed by atoms with Crippen LogP contribution in [0.15, 0.2) is 90.0 Å². The molecule has 5 nitrogen and oxygen atoms in total. The van der Waals surface area contributed by atoms with Crippen LogP contribution in [0, 0.1) is 0 Å². The molecule has 2 aromatic heterocycles. The summed E-state index contributed by atoms with van der Waals surface area (Å²) in [7, 11) is 0. The molecule has 1 amide bonds. The molecule has 31 heavy (non-hydrogen) atoms. The highest BCUT2D eigenvalue weighted by Gasteiger charge is 2.32. The number of hydrogen-bond donors (Lipinski definition) is 0. The number of amides is 1. The Morgan fingerprint density at radius 2 is 1.68 bits per heavy atom. The fourth-order valence-corrected chi connectivity index (χ4v) is 5.35. The first-order valence-corrected chi connectivity index (χ1v) is 11.5. The van der Waals surface area contributed by atoms with Gasteiger partial charge in [-0.05, 0) is 42.7 Å². The second-order valence-electron chi connectivity index (χ2n) is 7.83. The molecule has 6 heteroatoms. The van der Waals surface area contributed by atoms with Crippen molar-refractivity contribution in [3.8, 4) is 0 Å². The summed E-state index contributed by atoms with van der Waals surface area (Å²) in [5.74, 6) is 1.30. The third-order valence-electron chi connectivity index (χ3n) is 5.76. The minimum atomic E-state index is -0.266. The van der Waals surface area contributed by atoms with Crippen molar-refractivity contribution in [1.29, 1.82) is 0 Å². The number of likely N-dealkylation sites (tertiary alicyclic amines) is 1. The molecule has 0 N–H and O–H groups in total. The van der Waals surface area contributed by atoms with Crippen LogP contribution in [0.1, 0.15) is 35.4 Å². The topological polar surface area (TPSA) is 50.5 Å². The molecule has 3 heterocycles. The summed E-state index contributed by atoms with van der Waals surface area (Å²) in [5, 5.41) is 8.49. The van der Waals surface area contributed by atoms with Crippen molar-refractivity contribution in [2.24, 2.45) is 0 Å². The second-order valence-corrected chi connectivity index (χ2v) is 9.01. The molecule has 1 saturated heterocycles. The Hall–Kier alpha value is -3.12. The molecule has 1 aliphatic heterocycles. The molecule has 156 valence electrons. The smallest absolute Gasteiger partial charge is 0.240 e. The maximum atomic E-state index is 13.7. The fourth-order valence-electron chi connectivity index (χ4n) is 4.22. The summed E-state index contributed by atoms with van der Waals surface area (Å²) < 4.78 is 2.05. The van der Waals surface area contributed by atoms with Gasteiger partial charge >= 0.3 is 0 Å². The van der Waals surface area contributed by atoms with E-state index in [9.17, 15) is 4.79 Å². The third-order valence-corrected chi connectivity index (χ3v) is 7.02. The number of nitrogens with zero attached hydrogens (tertiary/aromatic N) is 4. The first-order valence-electron chi connectivity index (χ1n) is 10.6. The summed E-state index contributed by atoms with van der Waals surface area (Å²) in [5.41, 5.74) is 1.89. The highest BCUT2D eigenvalue weighted by molar-refractivity contribution is 8.00. The van der Waals surface area contributed by atoms with Gasteiger partial charge in [-0.1, -0.05) is 54.6 Å². The van der Waals surface area contributed by atoms with Gasteiger partial charge in [0.2, 0.25) is 5.91 Å². The van der Waals surface area contributed by atoms with Crippen molar-refractivity contribution >= 4 is 23.3 Å². The lowest BCUT2D eigenvalue weighted by molar-refractivity contribution is -0.132. The molecular formula is C25H24N4OS. The van der Waals surface area contributed by atoms with Crippen LogP contribution in [0.2, 0.25) is 0 Å². The van der Waals surface area contributed by atoms with E-state index in [-0.39, 0.29) is 17.1 Å². The molecule has 4 aromatic rings. The number of fused-ring (bicyclic) bond motifs is 1. The third kappa shape index (κ3) is 4.21. The zero-order chi connectivity index (χ0) is 21.0. The van der Waals surface area contributed by atoms with Crippen molar-refractivity contribution in [1.82, 2.24) is 19.5 Å². The van der Waals surface area contributed by atoms with Crippen molar-refractivity contribution in [3.05, 3.63) is 96.4 Å². The Morgan fingerprint density at radius 3 is 2.48 bits per heavy atom. The van der Waals surface area contributed by atoms with Gasteiger partial charge in [-0.2, -0.15) is 0 Å². The first kappa shape index (κ1) is 19.8.